The molecule has 0 aliphatic heterocycles. The normalized spacial score (nSPS) is 52.1. The number of Topliss-reactive ketones (excluding diaryl/α,β-unsaturated/α-hetero) is 1. The zero-order valence-corrected chi connectivity index (χ0v) is 18.0. The van der Waals surface area contributed by atoms with Crippen LogP contribution in [-0.2, 0) is 4.79 Å². The average molecular weight is 359 g/mol. The van der Waals surface area contributed by atoms with Gasteiger partial charge in [0.25, 0.3) is 0 Å². The van der Waals surface area contributed by atoms with Gasteiger partial charge in [-0.25, -0.2) is 0 Å². The van der Waals surface area contributed by atoms with E-state index >= 15 is 0 Å². The molecule has 0 heterocycles. The van der Waals surface area contributed by atoms with E-state index in [9.17, 15) is 4.79 Å². The lowest BCUT2D eigenvalue weighted by atomic mass is 9.43. The van der Waals surface area contributed by atoms with Gasteiger partial charge in [0, 0.05) is 11.8 Å². The van der Waals surface area contributed by atoms with Gasteiger partial charge in [0.1, 0.15) is 5.78 Å². The van der Waals surface area contributed by atoms with E-state index in [0.29, 0.717) is 29.0 Å². The van der Waals surface area contributed by atoms with Crippen molar-refractivity contribution < 1.29 is 4.79 Å². The third kappa shape index (κ3) is 2.58. The fraction of sp³-hybridized carbons (Fsp3) is 0.960. The van der Waals surface area contributed by atoms with Crippen molar-refractivity contribution in [3.63, 3.8) is 0 Å². The summed E-state index contributed by atoms with van der Waals surface area (Å²) >= 11 is 0. The molecule has 0 saturated heterocycles. The van der Waals surface area contributed by atoms with Crippen LogP contribution < -0.4 is 0 Å². The minimum Gasteiger partial charge on any atom is -0.299 e. The molecule has 9 atom stereocenters. The Labute approximate surface area is 162 Å². The molecule has 0 aromatic rings. The number of hydrogen-bond acceptors (Lipinski definition) is 1. The van der Waals surface area contributed by atoms with Crippen LogP contribution in [-0.4, -0.2) is 5.78 Å². The smallest absolute Gasteiger partial charge is 0.139 e. The van der Waals surface area contributed by atoms with E-state index in [1.54, 1.807) is 0 Å². The summed E-state index contributed by atoms with van der Waals surface area (Å²) < 4.78 is 0. The van der Waals surface area contributed by atoms with Crippen molar-refractivity contribution in [2.45, 2.75) is 98.8 Å². The molecule has 0 unspecified atom stereocenters. The van der Waals surface area contributed by atoms with Crippen molar-refractivity contribution in [2.24, 2.45) is 52.3 Å². The van der Waals surface area contributed by atoms with E-state index in [4.69, 9.17) is 0 Å². The summed E-state index contributed by atoms with van der Waals surface area (Å²) in [4.78, 5) is 13.7. The third-order valence-corrected chi connectivity index (χ3v) is 10.3. The fourth-order valence-electron chi connectivity index (χ4n) is 8.78. The van der Waals surface area contributed by atoms with Crippen molar-refractivity contribution in [3.05, 3.63) is 0 Å². The Hall–Kier alpha value is -0.330. The third-order valence-electron chi connectivity index (χ3n) is 10.3. The van der Waals surface area contributed by atoms with Crippen molar-refractivity contribution >= 4 is 5.78 Å². The van der Waals surface area contributed by atoms with Gasteiger partial charge in [0.2, 0.25) is 0 Å². The maximum atomic E-state index is 13.7. The van der Waals surface area contributed by atoms with Gasteiger partial charge in [-0.2, -0.15) is 0 Å². The molecule has 26 heavy (non-hydrogen) atoms. The first-order valence-corrected chi connectivity index (χ1v) is 11.9. The summed E-state index contributed by atoms with van der Waals surface area (Å²) in [6, 6.07) is 0. The first-order chi connectivity index (χ1) is 12.3. The minimum atomic E-state index is 0.000901. The molecular weight excluding hydrogens is 316 g/mol. The van der Waals surface area contributed by atoms with Gasteiger partial charge in [-0.05, 0) is 85.4 Å². The molecule has 0 radical (unpaired) electrons. The fourth-order valence-corrected chi connectivity index (χ4v) is 8.78. The highest BCUT2D eigenvalue weighted by Crippen LogP contribution is 2.67. The van der Waals surface area contributed by atoms with Gasteiger partial charge in [-0.1, -0.05) is 53.9 Å². The molecular formula is C25H42O. The number of carbonyl (C=O) groups is 1. The van der Waals surface area contributed by atoms with Crippen LogP contribution in [0.25, 0.3) is 0 Å². The van der Waals surface area contributed by atoms with Crippen LogP contribution in [0, 0.1) is 52.3 Å². The Morgan fingerprint density at radius 2 is 1.85 bits per heavy atom. The topological polar surface area (TPSA) is 17.1 Å². The summed E-state index contributed by atoms with van der Waals surface area (Å²) in [6.45, 7) is 12.2. The van der Waals surface area contributed by atoms with Crippen LogP contribution in [0.3, 0.4) is 0 Å². The molecule has 4 rings (SSSR count). The van der Waals surface area contributed by atoms with Crippen LogP contribution in [0.15, 0.2) is 0 Å². The highest BCUT2D eigenvalue weighted by atomic mass is 16.1. The average Bonchev–Trinajstić information content (AvgIpc) is 2.96. The summed E-state index contributed by atoms with van der Waals surface area (Å²) in [5.41, 5.74) is 0.459. The molecule has 4 aliphatic carbocycles. The molecule has 148 valence electrons. The van der Waals surface area contributed by atoms with Gasteiger partial charge in [0.15, 0.2) is 0 Å². The van der Waals surface area contributed by atoms with Crippen LogP contribution >= 0.6 is 0 Å². The minimum absolute atomic E-state index is 0.000901. The summed E-state index contributed by atoms with van der Waals surface area (Å²) in [6.07, 6.45) is 13.2. The van der Waals surface area contributed by atoms with E-state index < -0.39 is 0 Å². The zero-order valence-electron chi connectivity index (χ0n) is 18.0. The molecule has 1 nitrogen and oxygen atoms in total. The number of hydrogen-bond donors (Lipinski definition) is 0. The molecule has 0 amide bonds. The van der Waals surface area contributed by atoms with E-state index in [1.165, 1.54) is 57.8 Å². The van der Waals surface area contributed by atoms with Gasteiger partial charge in [-0.15, -0.1) is 0 Å². The van der Waals surface area contributed by atoms with Crippen molar-refractivity contribution in [3.8, 4) is 0 Å². The first-order valence-electron chi connectivity index (χ1n) is 11.9. The highest BCUT2D eigenvalue weighted by Gasteiger charge is 2.63. The second-order valence-corrected chi connectivity index (χ2v) is 11.4. The molecule has 0 aromatic heterocycles. The Bertz CT molecular complexity index is 552. The molecule has 4 saturated carbocycles. The lowest BCUT2D eigenvalue weighted by Crippen LogP contribution is -2.57. The number of ketones is 1. The maximum absolute atomic E-state index is 13.7. The second-order valence-electron chi connectivity index (χ2n) is 11.4. The van der Waals surface area contributed by atoms with Gasteiger partial charge >= 0.3 is 0 Å². The van der Waals surface area contributed by atoms with Crippen molar-refractivity contribution in [1.29, 1.82) is 0 Å². The lowest BCUT2D eigenvalue weighted by molar-refractivity contribution is -0.158. The SMILES string of the molecule is CCC[C@@H](C)[C@H]1CC[C@H]2[C@@H]3CC[C@@H]4C[C@H](C)CC[C@]4(C)[C@H]3CC(=O)[C@]12C. The Morgan fingerprint density at radius 1 is 1.08 bits per heavy atom. The van der Waals surface area contributed by atoms with Gasteiger partial charge in [-0.3, -0.25) is 4.79 Å². The highest BCUT2D eigenvalue weighted by molar-refractivity contribution is 5.87. The zero-order chi connectivity index (χ0) is 18.7. The molecule has 1 heteroatoms. The monoisotopic (exact) mass is 358 g/mol. The largest absolute Gasteiger partial charge is 0.299 e. The maximum Gasteiger partial charge on any atom is 0.139 e. The summed E-state index contributed by atoms with van der Waals surface area (Å²) in [5.74, 6) is 6.05. The molecule has 0 bridgehead atoms. The van der Waals surface area contributed by atoms with Crippen LogP contribution in [0.4, 0.5) is 0 Å². The lowest BCUT2D eigenvalue weighted by Gasteiger charge is -2.60. The molecule has 0 spiro atoms. The predicted octanol–water partition coefficient (Wildman–Crippen LogP) is 6.90. The van der Waals surface area contributed by atoms with E-state index in [2.05, 4.69) is 34.6 Å². The standard InChI is InChI=1S/C25H42O/c1-6-7-17(3)20-10-11-21-19-9-8-18-14-16(2)12-13-24(18,4)22(19)15-23(26)25(20,21)5/h16-22H,6-15H2,1-5H3/t16-,17-,18-,19+,20-,21+,22+,24+,25-/m1/s1. The summed E-state index contributed by atoms with van der Waals surface area (Å²) in [5, 5.41) is 0. The van der Waals surface area contributed by atoms with E-state index in [0.717, 1.165) is 30.1 Å². The predicted molar refractivity (Wildman–Crippen MR) is 109 cm³/mol. The second kappa shape index (κ2) is 6.63. The summed E-state index contributed by atoms with van der Waals surface area (Å²) in [7, 11) is 0. The van der Waals surface area contributed by atoms with E-state index in [1.807, 2.05) is 0 Å². The number of carbonyl (C=O) groups excluding carboxylic acids is 1. The van der Waals surface area contributed by atoms with Crippen molar-refractivity contribution in [1.82, 2.24) is 0 Å². The molecule has 0 N–H and O–H groups in total. The molecule has 4 aliphatic rings. The molecule has 4 fully saturated rings. The van der Waals surface area contributed by atoms with Gasteiger partial charge in [0.05, 0.1) is 0 Å². The Balaban J connectivity index is 1.62. The van der Waals surface area contributed by atoms with Crippen molar-refractivity contribution in [2.75, 3.05) is 0 Å². The van der Waals surface area contributed by atoms with Gasteiger partial charge < -0.3 is 0 Å². The van der Waals surface area contributed by atoms with Crippen LogP contribution in [0.2, 0.25) is 0 Å². The first kappa shape index (κ1) is 19.0. The Kier molecular flexibility index (Phi) is 4.84. The Morgan fingerprint density at radius 3 is 2.58 bits per heavy atom. The quantitative estimate of drug-likeness (QED) is 0.536. The van der Waals surface area contributed by atoms with Crippen LogP contribution in [0.5, 0.6) is 0 Å². The van der Waals surface area contributed by atoms with Crippen LogP contribution in [0.1, 0.15) is 98.8 Å². The van der Waals surface area contributed by atoms with E-state index in [-0.39, 0.29) is 5.41 Å². The molecule has 0 aromatic carbocycles. The number of rotatable bonds is 3. The number of fused-ring (bicyclic) bond motifs is 5.